The molecule has 1 heterocycles. The molecule has 0 unspecified atom stereocenters. The average molecular weight is 228 g/mol. The van der Waals surface area contributed by atoms with Gasteiger partial charge in [-0.05, 0) is 6.92 Å². The molecule has 2 amide bonds. The van der Waals surface area contributed by atoms with Gasteiger partial charge in [0.15, 0.2) is 5.13 Å². The topological polar surface area (TPSA) is 77.8 Å². The summed E-state index contributed by atoms with van der Waals surface area (Å²) in [4.78, 5) is 16.7. The second kappa shape index (κ2) is 4.74. The highest BCUT2D eigenvalue weighted by atomic mass is 32.1. The Bertz CT molecular complexity index is 386. The van der Waals surface area contributed by atoms with E-state index in [4.69, 9.17) is 5.21 Å². The standard InChI is InChI=1S/C8H12N4O2S/c1-5(11-14)6-4-15-7(9-6)10-8(13)12(2)3/h4,14H,1-3H3,(H,9,10,13). The maximum atomic E-state index is 11.3. The van der Waals surface area contributed by atoms with Crippen LogP contribution in [0.1, 0.15) is 12.6 Å². The molecular formula is C8H12N4O2S. The molecule has 1 aromatic rings. The first kappa shape index (κ1) is 11.4. The summed E-state index contributed by atoms with van der Waals surface area (Å²) in [6.45, 7) is 1.63. The SMILES string of the molecule is CC(=NO)c1csc(NC(=O)N(C)C)n1. The van der Waals surface area contributed by atoms with Crippen molar-refractivity contribution in [3.8, 4) is 0 Å². The van der Waals surface area contributed by atoms with E-state index in [2.05, 4.69) is 15.5 Å². The van der Waals surface area contributed by atoms with Gasteiger partial charge >= 0.3 is 6.03 Å². The summed E-state index contributed by atoms with van der Waals surface area (Å²) in [6.07, 6.45) is 0. The first-order valence-electron chi connectivity index (χ1n) is 4.17. The summed E-state index contributed by atoms with van der Waals surface area (Å²) >= 11 is 1.28. The maximum Gasteiger partial charge on any atom is 0.323 e. The van der Waals surface area contributed by atoms with Crippen molar-refractivity contribution < 1.29 is 10.0 Å². The van der Waals surface area contributed by atoms with Gasteiger partial charge < -0.3 is 10.1 Å². The molecule has 0 spiro atoms. The summed E-state index contributed by atoms with van der Waals surface area (Å²) in [7, 11) is 3.29. The fraction of sp³-hybridized carbons (Fsp3) is 0.375. The van der Waals surface area contributed by atoms with Gasteiger partial charge in [0.1, 0.15) is 11.4 Å². The lowest BCUT2D eigenvalue weighted by Gasteiger charge is -2.09. The number of nitrogens with zero attached hydrogens (tertiary/aromatic N) is 3. The van der Waals surface area contributed by atoms with Crippen LogP contribution in [0.25, 0.3) is 0 Å². The number of rotatable bonds is 2. The predicted octanol–water partition coefficient (Wildman–Crippen LogP) is 1.43. The number of thiazole rings is 1. The largest absolute Gasteiger partial charge is 0.411 e. The van der Waals surface area contributed by atoms with Crippen molar-refractivity contribution in [2.24, 2.45) is 5.16 Å². The molecule has 1 aromatic heterocycles. The van der Waals surface area contributed by atoms with Crippen molar-refractivity contribution in [3.63, 3.8) is 0 Å². The Kier molecular flexibility index (Phi) is 3.62. The molecule has 0 bridgehead atoms. The molecule has 1 rings (SSSR count). The van der Waals surface area contributed by atoms with Crippen LogP contribution in [0.5, 0.6) is 0 Å². The van der Waals surface area contributed by atoms with Crippen LogP contribution < -0.4 is 5.32 Å². The Labute approximate surface area is 91.2 Å². The zero-order valence-corrected chi connectivity index (χ0v) is 9.50. The molecule has 0 saturated heterocycles. The monoisotopic (exact) mass is 228 g/mol. The zero-order chi connectivity index (χ0) is 11.4. The van der Waals surface area contributed by atoms with Crippen molar-refractivity contribution in [2.45, 2.75) is 6.92 Å². The number of amides is 2. The van der Waals surface area contributed by atoms with Crippen LogP contribution in [-0.2, 0) is 0 Å². The molecule has 6 nitrogen and oxygen atoms in total. The summed E-state index contributed by atoms with van der Waals surface area (Å²) in [5, 5.41) is 16.3. The molecule has 0 aliphatic carbocycles. The van der Waals surface area contributed by atoms with Gasteiger partial charge in [0, 0.05) is 19.5 Å². The van der Waals surface area contributed by atoms with E-state index in [1.54, 1.807) is 26.4 Å². The van der Waals surface area contributed by atoms with Crippen molar-refractivity contribution in [2.75, 3.05) is 19.4 Å². The van der Waals surface area contributed by atoms with Gasteiger partial charge in [-0.2, -0.15) is 0 Å². The number of urea groups is 1. The lowest BCUT2D eigenvalue weighted by molar-refractivity contribution is 0.230. The molecule has 82 valence electrons. The molecule has 0 atom stereocenters. The van der Waals surface area contributed by atoms with Crippen LogP contribution in [0.15, 0.2) is 10.5 Å². The first-order chi connectivity index (χ1) is 7.04. The van der Waals surface area contributed by atoms with Crippen molar-refractivity contribution >= 4 is 28.2 Å². The van der Waals surface area contributed by atoms with Crippen molar-refractivity contribution in [1.82, 2.24) is 9.88 Å². The van der Waals surface area contributed by atoms with E-state index in [-0.39, 0.29) is 6.03 Å². The third kappa shape index (κ3) is 2.91. The number of oxime groups is 1. The highest BCUT2D eigenvalue weighted by Gasteiger charge is 2.09. The number of anilines is 1. The molecule has 0 aliphatic rings. The predicted molar refractivity (Wildman–Crippen MR) is 58.8 cm³/mol. The molecular weight excluding hydrogens is 216 g/mol. The van der Waals surface area contributed by atoms with Crippen LogP contribution in [0.4, 0.5) is 9.93 Å². The number of carbonyl (C=O) groups is 1. The first-order valence-corrected chi connectivity index (χ1v) is 5.05. The van der Waals surface area contributed by atoms with E-state index < -0.39 is 0 Å². The number of carbonyl (C=O) groups excluding carboxylic acids is 1. The van der Waals surface area contributed by atoms with Crippen LogP contribution in [0.3, 0.4) is 0 Å². The molecule has 15 heavy (non-hydrogen) atoms. The molecule has 0 fully saturated rings. The highest BCUT2D eigenvalue weighted by Crippen LogP contribution is 2.16. The zero-order valence-electron chi connectivity index (χ0n) is 8.68. The van der Waals surface area contributed by atoms with Crippen LogP contribution in [0, 0.1) is 0 Å². The quantitative estimate of drug-likeness (QED) is 0.456. The lowest BCUT2D eigenvalue weighted by Crippen LogP contribution is -2.27. The molecule has 2 N–H and O–H groups in total. The second-order valence-electron chi connectivity index (χ2n) is 3.05. The summed E-state index contributed by atoms with van der Waals surface area (Å²) < 4.78 is 0. The Morgan fingerprint density at radius 1 is 1.67 bits per heavy atom. The van der Waals surface area contributed by atoms with Gasteiger partial charge in [-0.1, -0.05) is 5.16 Å². The Morgan fingerprint density at radius 3 is 2.87 bits per heavy atom. The number of hydrogen-bond donors (Lipinski definition) is 2. The summed E-state index contributed by atoms with van der Waals surface area (Å²) in [5.41, 5.74) is 0.966. The molecule has 0 radical (unpaired) electrons. The van der Waals surface area contributed by atoms with Gasteiger partial charge in [-0.25, -0.2) is 9.78 Å². The minimum Gasteiger partial charge on any atom is -0.411 e. The van der Waals surface area contributed by atoms with Gasteiger partial charge in [-0.15, -0.1) is 11.3 Å². The fourth-order valence-corrected chi connectivity index (χ4v) is 1.50. The van der Waals surface area contributed by atoms with E-state index in [1.165, 1.54) is 16.2 Å². The average Bonchev–Trinajstić information content (AvgIpc) is 2.65. The van der Waals surface area contributed by atoms with Crippen molar-refractivity contribution in [3.05, 3.63) is 11.1 Å². The molecule has 0 aromatic carbocycles. The van der Waals surface area contributed by atoms with Gasteiger partial charge in [0.25, 0.3) is 0 Å². The van der Waals surface area contributed by atoms with Gasteiger partial charge in [-0.3, -0.25) is 5.32 Å². The fourth-order valence-electron chi connectivity index (χ4n) is 0.752. The normalized spacial score (nSPS) is 11.3. The third-order valence-corrected chi connectivity index (χ3v) is 2.40. The Balaban J connectivity index is 2.73. The smallest absolute Gasteiger partial charge is 0.323 e. The van der Waals surface area contributed by atoms with Gasteiger partial charge in [0.2, 0.25) is 0 Å². The van der Waals surface area contributed by atoms with Crippen LogP contribution in [0.2, 0.25) is 0 Å². The van der Waals surface area contributed by atoms with Crippen LogP contribution >= 0.6 is 11.3 Å². The molecule has 0 aliphatic heterocycles. The Hall–Kier alpha value is -1.63. The van der Waals surface area contributed by atoms with E-state index in [0.717, 1.165) is 0 Å². The summed E-state index contributed by atoms with van der Waals surface area (Å²) in [5.74, 6) is 0. The molecule has 0 saturated carbocycles. The maximum absolute atomic E-state index is 11.3. The number of hydrogen-bond acceptors (Lipinski definition) is 5. The Morgan fingerprint density at radius 2 is 2.33 bits per heavy atom. The van der Waals surface area contributed by atoms with E-state index >= 15 is 0 Å². The van der Waals surface area contributed by atoms with E-state index in [0.29, 0.717) is 16.5 Å². The van der Waals surface area contributed by atoms with E-state index in [9.17, 15) is 4.79 Å². The lowest BCUT2D eigenvalue weighted by atomic mass is 10.3. The minimum absolute atomic E-state index is 0.241. The highest BCUT2D eigenvalue weighted by molar-refractivity contribution is 7.14. The number of aromatic nitrogens is 1. The third-order valence-electron chi connectivity index (χ3n) is 1.64. The van der Waals surface area contributed by atoms with Crippen LogP contribution in [-0.4, -0.2) is 40.9 Å². The van der Waals surface area contributed by atoms with Gasteiger partial charge in [0.05, 0.1) is 0 Å². The second-order valence-corrected chi connectivity index (χ2v) is 3.91. The summed E-state index contributed by atoms with van der Waals surface area (Å²) in [6, 6.07) is -0.241. The van der Waals surface area contributed by atoms with E-state index in [1.807, 2.05) is 0 Å². The molecule has 7 heteroatoms. The number of nitrogens with one attached hydrogen (secondary N) is 1. The minimum atomic E-state index is -0.241. The van der Waals surface area contributed by atoms with Crippen molar-refractivity contribution in [1.29, 1.82) is 0 Å².